The van der Waals surface area contributed by atoms with Crippen LogP contribution in [0.15, 0.2) is 59.0 Å². The van der Waals surface area contributed by atoms with E-state index in [2.05, 4.69) is 10.6 Å². The van der Waals surface area contributed by atoms with Gasteiger partial charge in [0, 0.05) is 10.7 Å². The molecule has 0 aliphatic heterocycles. The molecule has 2 N–H and O–H groups in total. The molecule has 29 heavy (non-hydrogen) atoms. The first-order valence-corrected chi connectivity index (χ1v) is 9.47. The Kier molecular flexibility index (Phi) is 6.80. The maximum Gasteiger partial charge on any atom is 0.287 e. The fourth-order valence-corrected chi connectivity index (χ4v) is 2.96. The highest BCUT2D eigenvalue weighted by Crippen LogP contribution is 2.28. The second-order valence-electron chi connectivity index (χ2n) is 6.23. The van der Waals surface area contributed by atoms with Crippen molar-refractivity contribution >= 4 is 40.7 Å². The van der Waals surface area contributed by atoms with Crippen LogP contribution in [0.2, 0.25) is 10.0 Å². The van der Waals surface area contributed by atoms with Gasteiger partial charge in [0.15, 0.2) is 5.76 Å². The Morgan fingerprint density at radius 2 is 1.90 bits per heavy atom. The van der Waals surface area contributed by atoms with Gasteiger partial charge in [0.2, 0.25) is 5.91 Å². The zero-order valence-corrected chi connectivity index (χ0v) is 17.0. The monoisotopic (exact) mass is 432 g/mol. The summed E-state index contributed by atoms with van der Waals surface area (Å²) in [6, 6.07) is 15.4. The first kappa shape index (κ1) is 20.8. The molecule has 0 bridgehead atoms. The van der Waals surface area contributed by atoms with Crippen LogP contribution in [0, 0.1) is 6.92 Å². The molecule has 2 aromatic carbocycles. The predicted octanol–water partition coefficient (Wildman–Crippen LogP) is 4.84. The Morgan fingerprint density at radius 3 is 2.66 bits per heavy atom. The number of anilines is 1. The molecule has 0 aliphatic carbocycles. The zero-order chi connectivity index (χ0) is 20.8. The first-order chi connectivity index (χ1) is 13.9. The fraction of sp³-hybridized carbons (Fsp3) is 0.143. The third-order valence-corrected chi connectivity index (χ3v) is 4.39. The van der Waals surface area contributed by atoms with Gasteiger partial charge in [-0.15, -0.1) is 0 Å². The molecule has 6 nitrogen and oxygen atoms in total. The topological polar surface area (TPSA) is 80.6 Å². The lowest BCUT2D eigenvalue weighted by molar-refractivity contribution is -0.115. The number of amides is 2. The summed E-state index contributed by atoms with van der Waals surface area (Å²) in [4.78, 5) is 24.2. The minimum atomic E-state index is -0.500. The van der Waals surface area contributed by atoms with E-state index in [0.717, 1.165) is 5.56 Å². The SMILES string of the molecule is Cc1cccc(NC(=O)CNC(=O)c2ccc(COc3ccc(Cl)cc3Cl)o2)c1. The molecule has 150 valence electrons. The van der Waals surface area contributed by atoms with Gasteiger partial charge in [0.1, 0.15) is 18.1 Å². The first-order valence-electron chi connectivity index (χ1n) is 8.72. The van der Waals surface area contributed by atoms with Crippen molar-refractivity contribution in [3.05, 3.63) is 81.7 Å². The van der Waals surface area contributed by atoms with Gasteiger partial charge < -0.3 is 19.8 Å². The van der Waals surface area contributed by atoms with Gasteiger partial charge in [-0.1, -0.05) is 35.3 Å². The summed E-state index contributed by atoms with van der Waals surface area (Å²) in [5, 5.41) is 6.11. The molecular formula is C21H18Cl2N2O4. The summed E-state index contributed by atoms with van der Waals surface area (Å²) in [7, 11) is 0. The number of rotatable bonds is 7. The summed E-state index contributed by atoms with van der Waals surface area (Å²) in [5.74, 6) is 0.127. The lowest BCUT2D eigenvalue weighted by Gasteiger charge is -2.07. The number of benzene rings is 2. The Bertz CT molecular complexity index is 1030. The molecule has 0 atom stereocenters. The zero-order valence-electron chi connectivity index (χ0n) is 15.5. The van der Waals surface area contributed by atoms with Gasteiger partial charge in [-0.2, -0.15) is 0 Å². The Morgan fingerprint density at radius 1 is 1.07 bits per heavy atom. The van der Waals surface area contributed by atoms with Crippen molar-refractivity contribution in [2.75, 3.05) is 11.9 Å². The molecule has 0 spiro atoms. The Hall–Kier alpha value is -2.96. The smallest absolute Gasteiger partial charge is 0.287 e. The molecule has 1 aromatic heterocycles. The lowest BCUT2D eigenvalue weighted by atomic mass is 10.2. The number of ether oxygens (including phenoxy) is 1. The molecule has 1 heterocycles. The second kappa shape index (κ2) is 9.49. The summed E-state index contributed by atoms with van der Waals surface area (Å²) in [6.07, 6.45) is 0. The average molecular weight is 433 g/mol. The van der Waals surface area contributed by atoms with Gasteiger partial charge in [0.25, 0.3) is 5.91 Å². The maximum absolute atomic E-state index is 12.2. The van der Waals surface area contributed by atoms with Crippen molar-refractivity contribution in [2.45, 2.75) is 13.5 Å². The molecule has 0 saturated heterocycles. The molecule has 8 heteroatoms. The molecule has 0 aliphatic rings. The Labute approximate surface area is 177 Å². The van der Waals surface area contributed by atoms with Crippen molar-refractivity contribution in [3.8, 4) is 5.75 Å². The third kappa shape index (κ3) is 6.01. The average Bonchev–Trinajstić information content (AvgIpc) is 3.14. The number of halogens is 2. The van der Waals surface area contributed by atoms with Crippen LogP contribution in [-0.2, 0) is 11.4 Å². The molecule has 3 rings (SSSR count). The summed E-state index contributed by atoms with van der Waals surface area (Å²) < 4.78 is 11.0. The van der Waals surface area contributed by atoms with Crippen LogP contribution in [0.5, 0.6) is 5.75 Å². The molecule has 0 fully saturated rings. The maximum atomic E-state index is 12.2. The van der Waals surface area contributed by atoms with Crippen LogP contribution < -0.4 is 15.4 Å². The quantitative estimate of drug-likeness (QED) is 0.559. The standard InChI is InChI=1S/C21H18Cl2N2O4/c1-13-3-2-4-15(9-13)25-20(26)11-24-21(27)19-8-6-16(29-19)12-28-18-7-5-14(22)10-17(18)23/h2-10H,11-12H2,1H3,(H,24,27)(H,25,26). The van der Waals surface area contributed by atoms with E-state index in [1.54, 1.807) is 30.3 Å². The Balaban J connectivity index is 1.49. The minimum Gasteiger partial charge on any atom is -0.484 e. The molecule has 0 radical (unpaired) electrons. The van der Waals surface area contributed by atoms with Gasteiger partial charge in [-0.05, 0) is 55.0 Å². The van der Waals surface area contributed by atoms with Crippen LogP contribution in [0.4, 0.5) is 5.69 Å². The van der Waals surface area contributed by atoms with E-state index in [1.165, 1.54) is 6.07 Å². The van der Waals surface area contributed by atoms with Crippen LogP contribution in [-0.4, -0.2) is 18.4 Å². The highest BCUT2D eigenvalue weighted by Gasteiger charge is 2.13. The summed E-state index contributed by atoms with van der Waals surface area (Å²) >= 11 is 11.9. The van der Waals surface area contributed by atoms with Crippen molar-refractivity contribution in [1.82, 2.24) is 5.32 Å². The summed E-state index contributed by atoms with van der Waals surface area (Å²) in [6.45, 7) is 1.83. The van der Waals surface area contributed by atoms with Crippen molar-refractivity contribution in [3.63, 3.8) is 0 Å². The number of aryl methyl sites for hydroxylation is 1. The van der Waals surface area contributed by atoms with E-state index in [4.69, 9.17) is 32.4 Å². The predicted molar refractivity (Wildman–Crippen MR) is 112 cm³/mol. The van der Waals surface area contributed by atoms with Crippen LogP contribution in [0.25, 0.3) is 0 Å². The van der Waals surface area contributed by atoms with E-state index in [0.29, 0.717) is 27.2 Å². The number of carbonyl (C=O) groups excluding carboxylic acids is 2. The van der Waals surface area contributed by atoms with Crippen molar-refractivity contribution < 1.29 is 18.7 Å². The van der Waals surface area contributed by atoms with Gasteiger partial charge in [0.05, 0.1) is 11.6 Å². The second-order valence-corrected chi connectivity index (χ2v) is 7.07. The van der Waals surface area contributed by atoms with E-state index in [1.807, 2.05) is 25.1 Å². The van der Waals surface area contributed by atoms with Crippen LogP contribution in [0.1, 0.15) is 21.9 Å². The van der Waals surface area contributed by atoms with E-state index >= 15 is 0 Å². The highest BCUT2D eigenvalue weighted by atomic mass is 35.5. The normalized spacial score (nSPS) is 10.4. The number of furan rings is 1. The van der Waals surface area contributed by atoms with E-state index in [9.17, 15) is 9.59 Å². The largest absolute Gasteiger partial charge is 0.484 e. The number of nitrogens with one attached hydrogen (secondary N) is 2. The highest BCUT2D eigenvalue weighted by molar-refractivity contribution is 6.35. The van der Waals surface area contributed by atoms with E-state index < -0.39 is 5.91 Å². The van der Waals surface area contributed by atoms with Gasteiger partial charge >= 0.3 is 0 Å². The number of hydrogen-bond donors (Lipinski definition) is 2. The molecule has 0 unspecified atom stereocenters. The lowest BCUT2D eigenvalue weighted by Crippen LogP contribution is -2.32. The summed E-state index contributed by atoms with van der Waals surface area (Å²) in [5.41, 5.74) is 1.69. The van der Waals surface area contributed by atoms with Gasteiger partial charge in [-0.3, -0.25) is 9.59 Å². The fourth-order valence-electron chi connectivity index (χ4n) is 2.49. The number of carbonyl (C=O) groups is 2. The molecule has 3 aromatic rings. The van der Waals surface area contributed by atoms with Crippen LogP contribution >= 0.6 is 23.2 Å². The molecule has 0 saturated carbocycles. The minimum absolute atomic E-state index is 0.0779. The third-order valence-electron chi connectivity index (χ3n) is 3.86. The molecule has 2 amide bonds. The molecular weight excluding hydrogens is 415 g/mol. The van der Waals surface area contributed by atoms with Crippen molar-refractivity contribution in [2.24, 2.45) is 0 Å². The number of hydrogen-bond acceptors (Lipinski definition) is 4. The van der Waals surface area contributed by atoms with E-state index in [-0.39, 0.29) is 24.8 Å². The van der Waals surface area contributed by atoms with Crippen LogP contribution in [0.3, 0.4) is 0 Å². The van der Waals surface area contributed by atoms with Crippen molar-refractivity contribution in [1.29, 1.82) is 0 Å². The van der Waals surface area contributed by atoms with Gasteiger partial charge in [-0.25, -0.2) is 0 Å².